The number of hydrogen-bond donors (Lipinski definition) is 3. The molecule has 1 fully saturated rings. The van der Waals surface area contributed by atoms with Crippen molar-refractivity contribution in [3.05, 3.63) is 35.9 Å². The van der Waals surface area contributed by atoms with E-state index >= 15 is 0 Å². The van der Waals surface area contributed by atoms with Gasteiger partial charge in [0, 0.05) is 38.3 Å². The number of carbonyl (C=O) groups excluding carboxylic acids is 1. The highest BCUT2D eigenvalue weighted by atomic mass is 127. The molecule has 7 heteroatoms. The maximum Gasteiger partial charge on any atom is 0.241 e. The molecule has 1 saturated heterocycles. The topological polar surface area (TPSA) is 68.8 Å². The van der Waals surface area contributed by atoms with Gasteiger partial charge in [-0.15, -0.1) is 24.0 Å². The molecule has 2 atom stereocenters. The first kappa shape index (κ1) is 23.7. The smallest absolute Gasteiger partial charge is 0.241 e. The SMILES string of the molecule is CCCNC(=O)CN=C(NCC)NC1CC(C)N(Cc2ccccc2)C1.I. The van der Waals surface area contributed by atoms with Crippen molar-refractivity contribution in [2.24, 2.45) is 4.99 Å². The van der Waals surface area contributed by atoms with E-state index in [1.807, 2.05) is 13.8 Å². The average molecular weight is 487 g/mol. The molecule has 0 spiro atoms. The summed E-state index contributed by atoms with van der Waals surface area (Å²) in [4.78, 5) is 18.7. The van der Waals surface area contributed by atoms with Gasteiger partial charge in [0.25, 0.3) is 0 Å². The van der Waals surface area contributed by atoms with Crippen LogP contribution in [0.3, 0.4) is 0 Å². The Kier molecular flexibility index (Phi) is 11.3. The molecule has 0 aliphatic carbocycles. The van der Waals surface area contributed by atoms with Gasteiger partial charge in [0.05, 0.1) is 0 Å². The van der Waals surface area contributed by atoms with Gasteiger partial charge < -0.3 is 16.0 Å². The molecular weight excluding hydrogens is 453 g/mol. The highest BCUT2D eigenvalue weighted by Gasteiger charge is 2.29. The van der Waals surface area contributed by atoms with Gasteiger partial charge >= 0.3 is 0 Å². The third-order valence-electron chi connectivity index (χ3n) is 4.57. The van der Waals surface area contributed by atoms with Crippen LogP contribution in [0.1, 0.15) is 39.2 Å². The van der Waals surface area contributed by atoms with Crippen molar-refractivity contribution < 1.29 is 4.79 Å². The monoisotopic (exact) mass is 487 g/mol. The predicted molar refractivity (Wildman–Crippen MR) is 123 cm³/mol. The van der Waals surface area contributed by atoms with Gasteiger partial charge in [-0.3, -0.25) is 9.69 Å². The fraction of sp³-hybridized carbons (Fsp3) is 0.600. The van der Waals surface area contributed by atoms with Gasteiger partial charge in [-0.05, 0) is 32.3 Å². The molecule has 1 aromatic rings. The molecule has 3 N–H and O–H groups in total. The number of guanidine groups is 1. The molecule has 1 aliphatic heterocycles. The molecule has 6 nitrogen and oxygen atoms in total. The van der Waals surface area contributed by atoms with Crippen molar-refractivity contribution in [2.45, 2.75) is 52.2 Å². The van der Waals surface area contributed by atoms with Crippen LogP contribution in [0.4, 0.5) is 0 Å². The van der Waals surface area contributed by atoms with Crippen LogP contribution in [0.2, 0.25) is 0 Å². The molecule has 27 heavy (non-hydrogen) atoms. The first-order chi connectivity index (χ1) is 12.6. The molecule has 2 rings (SSSR count). The van der Waals surface area contributed by atoms with Gasteiger partial charge in [-0.2, -0.15) is 0 Å². The number of benzene rings is 1. The summed E-state index contributed by atoms with van der Waals surface area (Å²) >= 11 is 0. The van der Waals surface area contributed by atoms with E-state index in [1.54, 1.807) is 0 Å². The summed E-state index contributed by atoms with van der Waals surface area (Å²) in [6.07, 6.45) is 2.00. The van der Waals surface area contributed by atoms with Crippen molar-refractivity contribution in [2.75, 3.05) is 26.2 Å². The predicted octanol–water partition coefficient (Wildman–Crippen LogP) is 2.35. The zero-order valence-electron chi connectivity index (χ0n) is 16.7. The lowest BCUT2D eigenvalue weighted by Crippen LogP contribution is -2.45. The summed E-state index contributed by atoms with van der Waals surface area (Å²) in [5, 5.41) is 9.59. The van der Waals surface area contributed by atoms with E-state index in [2.05, 4.69) is 63.1 Å². The molecule has 152 valence electrons. The van der Waals surface area contributed by atoms with E-state index < -0.39 is 0 Å². The lowest BCUT2D eigenvalue weighted by molar-refractivity contribution is -0.119. The highest BCUT2D eigenvalue weighted by molar-refractivity contribution is 14.0. The second-order valence-corrected chi connectivity index (χ2v) is 6.89. The van der Waals surface area contributed by atoms with Crippen LogP contribution in [0.15, 0.2) is 35.3 Å². The fourth-order valence-corrected chi connectivity index (χ4v) is 3.23. The van der Waals surface area contributed by atoms with Crippen LogP contribution < -0.4 is 16.0 Å². The van der Waals surface area contributed by atoms with Crippen LogP contribution in [0.25, 0.3) is 0 Å². The number of rotatable bonds is 8. The molecule has 0 saturated carbocycles. The quantitative estimate of drug-likeness (QED) is 0.299. The zero-order valence-corrected chi connectivity index (χ0v) is 19.0. The molecule has 2 unspecified atom stereocenters. The number of nitrogens with zero attached hydrogens (tertiary/aromatic N) is 2. The number of nitrogens with one attached hydrogen (secondary N) is 3. The molecule has 0 bridgehead atoms. The third-order valence-corrected chi connectivity index (χ3v) is 4.57. The van der Waals surface area contributed by atoms with Crippen LogP contribution in [0.5, 0.6) is 0 Å². The summed E-state index contributed by atoms with van der Waals surface area (Å²) in [6.45, 7) is 9.92. The largest absolute Gasteiger partial charge is 0.357 e. The summed E-state index contributed by atoms with van der Waals surface area (Å²) in [5.74, 6) is 0.687. The van der Waals surface area contributed by atoms with E-state index in [-0.39, 0.29) is 36.4 Å². The Morgan fingerprint density at radius 3 is 2.63 bits per heavy atom. The third kappa shape index (κ3) is 8.47. The lowest BCUT2D eigenvalue weighted by atomic mass is 10.2. The number of carbonyl (C=O) groups is 1. The average Bonchev–Trinajstić information content (AvgIpc) is 2.98. The highest BCUT2D eigenvalue weighted by Crippen LogP contribution is 2.20. The number of likely N-dealkylation sites (tertiary alicyclic amines) is 1. The van der Waals surface area contributed by atoms with Gasteiger partial charge in [-0.1, -0.05) is 37.3 Å². The van der Waals surface area contributed by atoms with Crippen LogP contribution in [-0.2, 0) is 11.3 Å². The summed E-state index contributed by atoms with van der Waals surface area (Å²) in [5.41, 5.74) is 1.34. The van der Waals surface area contributed by atoms with Crippen molar-refractivity contribution in [3.63, 3.8) is 0 Å². The first-order valence-corrected chi connectivity index (χ1v) is 9.71. The standard InChI is InChI=1S/C20H33N5O.HI/c1-4-11-22-19(26)13-23-20(21-5-2)24-18-12-16(3)25(15-18)14-17-9-7-6-8-10-17;/h6-10,16,18H,4-5,11-15H2,1-3H3,(H,22,26)(H2,21,23,24);1H. The first-order valence-electron chi connectivity index (χ1n) is 9.71. The van der Waals surface area contributed by atoms with E-state index in [0.29, 0.717) is 18.6 Å². The summed E-state index contributed by atoms with van der Waals surface area (Å²) in [7, 11) is 0. The summed E-state index contributed by atoms with van der Waals surface area (Å²) in [6, 6.07) is 11.4. The zero-order chi connectivity index (χ0) is 18.8. The number of halogens is 1. The summed E-state index contributed by atoms with van der Waals surface area (Å²) < 4.78 is 0. The Bertz CT molecular complexity index is 581. The Morgan fingerprint density at radius 1 is 1.22 bits per heavy atom. The van der Waals surface area contributed by atoms with Gasteiger partial charge in [-0.25, -0.2) is 4.99 Å². The second kappa shape index (κ2) is 12.9. The second-order valence-electron chi connectivity index (χ2n) is 6.89. The van der Waals surface area contributed by atoms with Gasteiger partial charge in [0.1, 0.15) is 6.54 Å². The van der Waals surface area contributed by atoms with Crippen molar-refractivity contribution in [1.82, 2.24) is 20.9 Å². The van der Waals surface area contributed by atoms with E-state index in [4.69, 9.17) is 0 Å². The maximum atomic E-state index is 11.8. The van der Waals surface area contributed by atoms with E-state index in [0.717, 1.165) is 38.4 Å². The van der Waals surface area contributed by atoms with Crippen LogP contribution in [0, 0.1) is 0 Å². The minimum atomic E-state index is -0.0328. The molecule has 1 heterocycles. The molecular formula is C20H34IN5O. The Balaban J connectivity index is 0.00000364. The Morgan fingerprint density at radius 2 is 1.96 bits per heavy atom. The van der Waals surface area contributed by atoms with Crippen LogP contribution >= 0.6 is 24.0 Å². The minimum Gasteiger partial charge on any atom is -0.357 e. The normalized spacial score (nSPS) is 20.0. The van der Waals surface area contributed by atoms with Gasteiger partial charge in [0.15, 0.2) is 5.96 Å². The maximum absolute atomic E-state index is 11.8. The molecule has 1 aliphatic rings. The Labute approximate surface area is 180 Å². The minimum absolute atomic E-state index is 0. The lowest BCUT2D eigenvalue weighted by Gasteiger charge is -2.21. The fourth-order valence-electron chi connectivity index (χ4n) is 3.23. The molecule has 0 aromatic heterocycles. The van der Waals surface area contributed by atoms with Gasteiger partial charge in [0.2, 0.25) is 5.91 Å². The van der Waals surface area contributed by atoms with Crippen LogP contribution in [-0.4, -0.2) is 55.0 Å². The Hall–Kier alpha value is -1.35. The van der Waals surface area contributed by atoms with Crippen molar-refractivity contribution in [1.29, 1.82) is 0 Å². The van der Waals surface area contributed by atoms with E-state index in [9.17, 15) is 4.79 Å². The molecule has 1 aromatic carbocycles. The number of hydrogen-bond acceptors (Lipinski definition) is 3. The number of amides is 1. The molecule has 1 amide bonds. The van der Waals surface area contributed by atoms with Crippen molar-refractivity contribution >= 4 is 35.8 Å². The number of aliphatic imine (C=N–C) groups is 1. The molecule has 0 radical (unpaired) electrons. The van der Waals surface area contributed by atoms with E-state index in [1.165, 1.54) is 5.56 Å². The van der Waals surface area contributed by atoms with Crippen molar-refractivity contribution in [3.8, 4) is 0 Å².